The molecule has 63 heavy (non-hydrogen) atoms. The molecule has 0 aliphatic carbocycles. The topological polar surface area (TPSA) is 56.7 Å². The molecular formula is C57H34N4OS. The monoisotopic (exact) mass is 837 g/mol. The highest BCUT2D eigenvalue weighted by molar-refractivity contribution is 7.26. The number of rotatable bonds is 6. The van der Waals surface area contributed by atoms with Gasteiger partial charge in [-0.15, -0.1) is 11.3 Å². The van der Waals surface area contributed by atoms with Gasteiger partial charge in [0, 0.05) is 64.1 Å². The summed E-state index contributed by atoms with van der Waals surface area (Å²) < 4.78 is 147. The van der Waals surface area contributed by atoms with Crippen LogP contribution in [0, 0.1) is 0 Å². The summed E-state index contributed by atoms with van der Waals surface area (Å²) in [6.07, 6.45) is 0. The number of fused-ring (bicyclic) bond motifs is 9. The summed E-state index contributed by atoms with van der Waals surface area (Å²) in [5, 5.41) is 1.44. The van der Waals surface area contributed by atoms with E-state index >= 15 is 0 Å². The summed E-state index contributed by atoms with van der Waals surface area (Å²) in [5.41, 5.74) is 1.07. The lowest BCUT2D eigenvalue weighted by Gasteiger charge is -2.09. The lowest BCUT2D eigenvalue weighted by molar-refractivity contribution is 0.669. The van der Waals surface area contributed by atoms with Crippen LogP contribution < -0.4 is 0 Å². The van der Waals surface area contributed by atoms with Gasteiger partial charge in [-0.2, -0.15) is 0 Å². The maximum atomic E-state index is 9.71. The molecule has 0 saturated heterocycles. The summed E-state index contributed by atoms with van der Waals surface area (Å²) in [5.74, 6) is 0.347. The minimum absolute atomic E-state index is 0.0393. The molecule has 4 heterocycles. The van der Waals surface area contributed by atoms with E-state index in [2.05, 4.69) is 24.3 Å². The Bertz CT molecular complexity index is 4810. The number of para-hydroxylation sites is 1. The molecule has 9 aromatic carbocycles. The second-order valence-electron chi connectivity index (χ2n) is 14.8. The highest BCUT2D eigenvalue weighted by Gasteiger charge is 2.19. The van der Waals surface area contributed by atoms with E-state index in [1.54, 1.807) is 11.3 Å². The van der Waals surface area contributed by atoms with Crippen molar-refractivity contribution < 1.29 is 25.0 Å². The van der Waals surface area contributed by atoms with Gasteiger partial charge in [0.1, 0.15) is 11.2 Å². The quantitative estimate of drug-likeness (QED) is 0.167. The maximum Gasteiger partial charge on any atom is 0.164 e. The predicted octanol–water partition coefficient (Wildman–Crippen LogP) is 15.6. The smallest absolute Gasteiger partial charge is 0.164 e. The van der Waals surface area contributed by atoms with Crippen molar-refractivity contribution in [1.82, 2.24) is 19.5 Å². The van der Waals surface area contributed by atoms with E-state index in [9.17, 15) is 11.0 Å². The molecular weight excluding hydrogens is 789 g/mol. The van der Waals surface area contributed by atoms with Crippen LogP contribution in [0.1, 0.15) is 20.6 Å². The number of aromatic nitrogens is 4. The molecule has 13 aromatic rings. The first-order chi connectivity index (χ1) is 37.5. The van der Waals surface area contributed by atoms with Gasteiger partial charge in [0.15, 0.2) is 17.5 Å². The zero-order valence-electron chi connectivity index (χ0n) is 47.6. The Morgan fingerprint density at radius 2 is 1.19 bits per heavy atom. The van der Waals surface area contributed by atoms with E-state index in [0.717, 1.165) is 35.9 Å². The van der Waals surface area contributed by atoms with E-state index < -0.39 is 84.1 Å². The summed E-state index contributed by atoms with van der Waals surface area (Å²) in [6, 6.07) is 26.9. The maximum absolute atomic E-state index is 9.71. The highest BCUT2D eigenvalue weighted by atomic mass is 32.1. The van der Waals surface area contributed by atoms with Crippen LogP contribution in [0.4, 0.5) is 0 Å². The van der Waals surface area contributed by atoms with Gasteiger partial charge in [-0.3, -0.25) is 0 Å². The Hall–Kier alpha value is -8.19. The van der Waals surface area contributed by atoms with Crippen molar-refractivity contribution in [1.29, 1.82) is 0 Å². The minimum Gasteiger partial charge on any atom is -0.456 e. The molecule has 0 spiro atoms. The fourth-order valence-corrected chi connectivity index (χ4v) is 9.34. The van der Waals surface area contributed by atoms with Gasteiger partial charge in [-0.05, 0) is 76.7 Å². The Kier molecular flexibility index (Phi) is 5.34. The van der Waals surface area contributed by atoms with Crippen molar-refractivity contribution in [3.63, 3.8) is 0 Å². The molecule has 0 N–H and O–H groups in total. The van der Waals surface area contributed by atoms with Crippen molar-refractivity contribution in [2.45, 2.75) is 0 Å². The number of benzene rings is 9. The predicted molar refractivity (Wildman–Crippen MR) is 262 cm³/mol. The zero-order chi connectivity index (χ0) is 54.5. The standard InChI is InChI=1S/C57H34N4OS/c1-4-13-35(14-5-1)38-23-27-44-43-19-10-11-21-48(43)61(49(44)31-38)41-26-30-50-47(34-41)45-28-24-39(32-51(45)62-50)56-58-55(37-17-8-3-9-18-37)59-57(60-56)40-25-29-46-53(33-40)63-52-22-12-20-42(54(46)52)36-15-6-2-7-16-36/h1-34H/i4D,10D,11D,13D,14D,19D,21D,23D,24D,26D,27D,28D,30D,31D,32D. The third kappa shape index (κ3) is 5.87. The molecule has 6 heteroatoms. The molecule has 0 atom stereocenters. The van der Waals surface area contributed by atoms with Gasteiger partial charge in [0.05, 0.1) is 31.6 Å². The molecule has 0 amide bonds. The SMILES string of the molecule is [2H]c1ccc([2H])c(-c2c([2H])c([2H])c3c4c([2H])c([2H])c([2H])c([2H])c4n(-c4cc5c(oc6c([2H])c(-c7nc(-c8ccccc8)nc(-c8ccc9c(c8)sc8cccc(-c%10ccccc%10)c89)n7)c([2H])c([2H])c65)c([2H])c4[2H])c3c2[2H])c1[2H]. The van der Waals surface area contributed by atoms with Gasteiger partial charge >= 0.3 is 0 Å². The second-order valence-corrected chi connectivity index (χ2v) is 15.8. The lowest BCUT2D eigenvalue weighted by Crippen LogP contribution is -2.00. The minimum atomic E-state index is -0.703. The molecule has 0 fully saturated rings. The van der Waals surface area contributed by atoms with Crippen LogP contribution >= 0.6 is 11.3 Å². The van der Waals surface area contributed by atoms with Crippen molar-refractivity contribution in [3.8, 4) is 62.1 Å². The molecule has 4 aromatic heterocycles. The van der Waals surface area contributed by atoms with Gasteiger partial charge in [-0.25, -0.2) is 15.0 Å². The summed E-state index contributed by atoms with van der Waals surface area (Å²) in [4.78, 5) is 14.6. The second kappa shape index (κ2) is 14.2. The van der Waals surface area contributed by atoms with Crippen LogP contribution in [0.5, 0.6) is 0 Å². The van der Waals surface area contributed by atoms with Crippen LogP contribution in [-0.2, 0) is 0 Å². The van der Waals surface area contributed by atoms with Crippen molar-refractivity contribution in [2.75, 3.05) is 0 Å². The number of furan rings is 1. The van der Waals surface area contributed by atoms with E-state index in [1.165, 1.54) is 18.2 Å². The Morgan fingerprint density at radius 3 is 2.06 bits per heavy atom. The van der Waals surface area contributed by atoms with Gasteiger partial charge in [0.2, 0.25) is 0 Å². The Morgan fingerprint density at radius 1 is 0.429 bits per heavy atom. The third-order valence-corrected chi connectivity index (χ3v) is 12.2. The molecule has 13 rings (SSSR count). The summed E-state index contributed by atoms with van der Waals surface area (Å²) >= 11 is 1.62. The molecule has 5 nitrogen and oxygen atoms in total. The number of nitrogens with zero attached hydrogens (tertiary/aromatic N) is 4. The molecule has 0 aliphatic heterocycles. The van der Waals surface area contributed by atoms with E-state index in [4.69, 9.17) is 29.0 Å². The normalized spacial score (nSPS) is 15.1. The first-order valence-corrected chi connectivity index (χ1v) is 20.7. The molecule has 0 unspecified atom stereocenters. The van der Waals surface area contributed by atoms with E-state index in [-0.39, 0.29) is 90.1 Å². The molecule has 0 aliphatic rings. The third-order valence-electron chi connectivity index (χ3n) is 11.1. The molecule has 0 saturated carbocycles. The molecule has 0 bridgehead atoms. The van der Waals surface area contributed by atoms with Crippen molar-refractivity contribution in [2.24, 2.45) is 0 Å². The summed E-state index contributed by atoms with van der Waals surface area (Å²) in [6.45, 7) is 0. The van der Waals surface area contributed by atoms with Crippen LogP contribution in [0.2, 0.25) is 0 Å². The average Bonchev–Trinajstić information content (AvgIpc) is 4.06. The van der Waals surface area contributed by atoms with E-state index in [0.29, 0.717) is 11.1 Å². The number of thiophene rings is 1. The number of hydrogen-bond donors (Lipinski definition) is 0. The number of hydrogen-bond acceptors (Lipinski definition) is 5. The van der Waals surface area contributed by atoms with Gasteiger partial charge < -0.3 is 8.98 Å². The van der Waals surface area contributed by atoms with Crippen LogP contribution in [0.3, 0.4) is 0 Å². The van der Waals surface area contributed by atoms with Crippen molar-refractivity contribution >= 4 is 75.3 Å². The lowest BCUT2D eigenvalue weighted by atomic mass is 9.99. The van der Waals surface area contributed by atoms with Gasteiger partial charge in [0.25, 0.3) is 0 Å². The van der Waals surface area contributed by atoms with Crippen LogP contribution in [0.25, 0.3) is 126 Å². The molecule has 0 radical (unpaired) electrons. The largest absolute Gasteiger partial charge is 0.456 e. The van der Waals surface area contributed by atoms with Crippen LogP contribution in [0.15, 0.2) is 210 Å². The van der Waals surface area contributed by atoms with Crippen molar-refractivity contribution in [3.05, 3.63) is 206 Å². The Labute approximate surface area is 386 Å². The zero-order valence-corrected chi connectivity index (χ0v) is 33.4. The average molecular weight is 838 g/mol. The van der Waals surface area contributed by atoms with E-state index in [1.807, 2.05) is 72.8 Å². The first-order valence-electron chi connectivity index (χ1n) is 27.4. The molecule has 294 valence electrons. The van der Waals surface area contributed by atoms with Gasteiger partial charge in [-0.1, -0.05) is 151 Å². The fraction of sp³-hybridized carbons (Fsp3) is 0. The fourth-order valence-electron chi connectivity index (χ4n) is 8.17. The first kappa shape index (κ1) is 23.7. The Balaban J connectivity index is 1.05. The summed E-state index contributed by atoms with van der Waals surface area (Å²) in [7, 11) is 0. The van der Waals surface area contributed by atoms with Crippen LogP contribution in [-0.4, -0.2) is 19.5 Å². The highest BCUT2D eigenvalue weighted by Crippen LogP contribution is 2.42.